The Morgan fingerprint density at radius 1 is 1.28 bits per heavy atom. The van der Waals surface area contributed by atoms with Gasteiger partial charge in [-0.15, -0.1) is 0 Å². The Balaban J connectivity index is 2.28. The molecule has 0 N–H and O–H groups in total. The largest absolute Gasteiger partial charge is 0.545 e. The zero-order chi connectivity index (χ0) is 12.7. The molecule has 18 heavy (non-hydrogen) atoms. The van der Waals surface area contributed by atoms with Gasteiger partial charge in [0.1, 0.15) is 0 Å². The lowest BCUT2D eigenvalue weighted by Crippen LogP contribution is -2.22. The van der Waals surface area contributed by atoms with Crippen LogP contribution in [0.25, 0.3) is 10.9 Å². The van der Waals surface area contributed by atoms with Crippen molar-refractivity contribution < 1.29 is 9.90 Å². The van der Waals surface area contributed by atoms with Gasteiger partial charge in [-0.05, 0) is 42.9 Å². The molecule has 1 aliphatic carbocycles. The molecule has 3 rings (SSSR count). The summed E-state index contributed by atoms with van der Waals surface area (Å²) in [5.74, 6) is -1.19. The van der Waals surface area contributed by atoms with E-state index in [-0.39, 0.29) is 5.56 Å². The molecular formula is C14H11ClNO2-. The number of aryl methyl sites for hydroxylation is 1. The van der Waals surface area contributed by atoms with Crippen molar-refractivity contribution in [3.05, 3.63) is 40.0 Å². The number of nitrogens with zero attached hydrogens (tertiary/aromatic N) is 1. The molecule has 0 saturated carbocycles. The maximum atomic E-state index is 10.8. The molecular weight excluding hydrogens is 250 g/mol. The van der Waals surface area contributed by atoms with Crippen LogP contribution >= 0.6 is 11.6 Å². The maximum Gasteiger partial charge on any atom is 0.0727 e. The molecule has 0 spiro atoms. The van der Waals surface area contributed by atoms with Gasteiger partial charge in [0, 0.05) is 11.1 Å². The highest BCUT2D eigenvalue weighted by molar-refractivity contribution is 6.36. The number of carbonyl (C=O) groups is 1. The lowest BCUT2D eigenvalue weighted by molar-refractivity contribution is -0.255. The summed E-state index contributed by atoms with van der Waals surface area (Å²) in [6, 6.07) is 4.76. The number of carboxylic acids is 1. The summed E-state index contributed by atoms with van der Waals surface area (Å²) in [6.07, 6.45) is 4.12. The van der Waals surface area contributed by atoms with E-state index in [0.29, 0.717) is 5.52 Å². The second-order valence-corrected chi connectivity index (χ2v) is 4.96. The summed E-state index contributed by atoms with van der Waals surface area (Å²) in [5, 5.41) is 12.4. The molecule has 0 bridgehead atoms. The minimum Gasteiger partial charge on any atom is -0.545 e. The molecule has 0 amide bonds. The second kappa shape index (κ2) is 4.25. The fourth-order valence-electron chi connectivity index (χ4n) is 2.49. The van der Waals surface area contributed by atoms with Gasteiger partial charge in [0.05, 0.1) is 16.5 Å². The summed E-state index contributed by atoms with van der Waals surface area (Å²) in [5.41, 5.74) is 2.91. The van der Waals surface area contributed by atoms with E-state index in [0.717, 1.165) is 47.3 Å². The Hall–Kier alpha value is -1.61. The SMILES string of the molecule is O=C([O-])c1ccc2c(Cl)c3c(nc2c1)CCCC3. The van der Waals surface area contributed by atoms with Crippen LogP contribution < -0.4 is 5.11 Å². The average Bonchev–Trinajstić information content (AvgIpc) is 2.38. The van der Waals surface area contributed by atoms with Gasteiger partial charge in [-0.2, -0.15) is 0 Å². The predicted octanol–water partition coefficient (Wildman–Crippen LogP) is 2.13. The van der Waals surface area contributed by atoms with E-state index in [1.54, 1.807) is 6.07 Å². The lowest BCUT2D eigenvalue weighted by atomic mass is 9.94. The minimum absolute atomic E-state index is 0.141. The van der Waals surface area contributed by atoms with Crippen LogP contribution in [-0.4, -0.2) is 11.0 Å². The van der Waals surface area contributed by atoms with Crippen molar-refractivity contribution in [2.45, 2.75) is 25.7 Å². The molecule has 0 unspecified atom stereocenters. The molecule has 0 saturated heterocycles. The topological polar surface area (TPSA) is 53.0 Å². The van der Waals surface area contributed by atoms with E-state index >= 15 is 0 Å². The van der Waals surface area contributed by atoms with E-state index in [9.17, 15) is 9.90 Å². The van der Waals surface area contributed by atoms with Crippen molar-refractivity contribution in [2.75, 3.05) is 0 Å². The van der Waals surface area contributed by atoms with E-state index < -0.39 is 5.97 Å². The molecule has 3 nitrogen and oxygen atoms in total. The Labute approximate surface area is 109 Å². The summed E-state index contributed by atoms with van der Waals surface area (Å²) in [4.78, 5) is 15.4. The number of benzene rings is 1. The quantitative estimate of drug-likeness (QED) is 0.789. The number of aromatic carboxylic acids is 1. The second-order valence-electron chi connectivity index (χ2n) is 4.58. The molecule has 0 radical (unpaired) electrons. The average molecular weight is 261 g/mol. The molecule has 0 fully saturated rings. The first-order valence-corrected chi connectivity index (χ1v) is 6.37. The molecule has 1 heterocycles. The highest BCUT2D eigenvalue weighted by atomic mass is 35.5. The Bertz CT molecular complexity index is 652. The smallest absolute Gasteiger partial charge is 0.0727 e. The van der Waals surface area contributed by atoms with Crippen molar-refractivity contribution in [2.24, 2.45) is 0 Å². The third-order valence-electron chi connectivity index (χ3n) is 3.43. The summed E-state index contributed by atoms with van der Waals surface area (Å²) in [6.45, 7) is 0. The van der Waals surface area contributed by atoms with Gasteiger partial charge in [0.25, 0.3) is 0 Å². The highest BCUT2D eigenvalue weighted by Crippen LogP contribution is 2.32. The van der Waals surface area contributed by atoms with Crippen molar-refractivity contribution in [3.8, 4) is 0 Å². The summed E-state index contributed by atoms with van der Waals surface area (Å²) in [7, 11) is 0. The van der Waals surface area contributed by atoms with E-state index in [4.69, 9.17) is 11.6 Å². The highest BCUT2D eigenvalue weighted by Gasteiger charge is 2.17. The van der Waals surface area contributed by atoms with Crippen LogP contribution in [-0.2, 0) is 12.8 Å². The third kappa shape index (κ3) is 1.75. The molecule has 92 valence electrons. The Morgan fingerprint density at radius 2 is 2.06 bits per heavy atom. The molecule has 0 atom stereocenters. The first-order chi connectivity index (χ1) is 8.66. The van der Waals surface area contributed by atoms with Crippen LogP contribution in [0.1, 0.15) is 34.5 Å². The van der Waals surface area contributed by atoms with Gasteiger partial charge in [0.2, 0.25) is 0 Å². The normalized spacial score (nSPS) is 14.5. The van der Waals surface area contributed by atoms with Crippen molar-refractivity contribution in [1.82, 2.24) is 4.98 Å². The number of hydrogen-bond acceptors (Lipinski definition) is 3. The Kier molecular flexibility index (Phi) is 2.71. The van der Waals surface area contributed by atoms with Gasteiger partial charge in [0.15, 0.2) is 0 Å². The lowest BCUT2D eigenvalue weighted by Gasteiger charge is -2.18. The van der Waals surface area contributed by atoms with Crippen LogP contribution in [0.2, 0.25) is 5.02 Å². The number of carbonyl (C=O) groups excluding carboxylic acids is 1. The fraction of sp³-hybridized carbons (Fsp3) is 0.286. The first kappa shape index (κ1) is 11.5. The molecule has 1 aromatic carbocycles. The van der Waals surface area contributed by atoms with Crippen molar-refractivity contribution in [1.29, 1.82) is 0 Å². The number of fused-ring (bicyclic) bond motifs is 2. The van der Waals surface area contributed by atoms with Crippen LogP contribution in [0.3, 0.4) is 0 Å². The van der Waals surface area contributed by atoms with Crippen LogP contribution in [0.4, 0.5) is 0 Å². The summed E-state index contributed by atoms with van der Waals surface area (Å²) < 4.78 is 0. The van der Waals surface area contributed by atoms with Gasteiger partial charge in [-0.3, -0.25) is 4.98 Å². The van der Waals surface area contributed by atoms with Crippen LogP contribution in [0.5, 0.6) is 0 Å². The number of rotatable bonds is 1. The number of carboxylic acid groups (broad SMARTS) is 1. The standard InChI is InChI=1S/C14H12ClNO2/c15-13-9-3-1-2-4-11(9)16-12-7-8(14(17)18)5-6-10(12)13/h5-7H,1-4H2,(H,17,18)/p-1. The zero-order valence-corrected chi connectivity index (χ0v) is 10.5. The third-order valence-corrected chi connectivity index (χ3v) is 3.86. The van der Waals surface area contributed by atoms with E-state index in [1.807, 2.05) is 0 Å². The maximum absolute atomic E-state index is 10.8. The number of hydrogen-bond donors (Lipinski definition) is 0. The van der Waals surface area contributed by atoms with Crippen molar-refractivity contribution in [3.63, 3.8) is 0 Å². The number of halogens is 1. The number of pyridine rings is 1. The predicted molar refractivity (Wildman–Crippen MR) is 67.7 cm³/mol. The van der Waals surface area contributed by atoms with Gasteiger partial charge >= 0.3 is 0 Å². The Morgan fingerprint density at radius 3 is 2.83 bits per heavy atom. The molecule has 0 aliphatic heterocycles. The minimum atomic E-state index is -1.19. The van der Waals surface area contributed by atoms with Gasteiger partial charge in [-0.25, -0.2) is 0 Å². The molecule has 1 aliphatic rings. The first-order valence-electron chi connectivity index (χ1n) is 5.99. The van der Waals surface area contributed by atoms with E-state index in [2.05, 4.69) is 4.98 Å². The fourth-order valence-corrected chi connectivity index (χ4v) is 2.86. The van der Waals surface area contributed by atoms with E-state index in [1.165, 1.54) is 12.1 Å². The van der Waals surface area contributed by atoms with Crippen LogP contribution in [0.15, 0.2) is 18.2 Å². The number of aromatic nitrogens is 1. The van der Waals surface area contributed by atoms with Crippen molar-refractivity contribution >= 4 is 28.5 Å². The monoisotopic (exact) mass is 260 g/mol. The van der Waals surface area contributed by atoms with Crippen LogP contribution in [0, 0.1) is 0 Å². The molecule has 2 aromatic rings. The molecule has 1 aromatic heterocycles. The summed E-state index contributed by atoms with van der Waals surface area (Å²) >= 11 is 6.39. The molecule has 4 heteroatoms. The zero-order valence-electron chi connectivity index (χ0n) is 9.70. The van der Waals surface area contributed by atoms with Gasteiger partial charge < -0.3 is 9.90 Å². The van der Waals surface area contributed by atoms with Gasteiger partial charge in [-0.1, -0.05) is 23.7 Å².